The molecule has 6 nitrogen and oxygen atoms in total. The molecule has 28 heavy (non-hydrogen) atoms. The number of carbonyl (C=O) groups excluding carboxylic acids is 2. The van der Waals surface area contributed by atoms with Gasteiger partial charge in [-0.2, -0.15) is 0 Å². The van der Waals surface area contributed by atoms with Crippen molar-refractivity contribution in [2.75, 3.05) is 25.5 Å². The van der Waals surface area contributed by atoms with Crippen LogP contribution in [0.25, 0.3) is 0 Å². The van der Waals surface area contributed by atoms with Gasteiger partial charge in [-0.25, -0.2) is 13.6 Å². The van der Waals surface area contributed by atoms with E-state index in [4.69, 9.17) is 4.74 Å². The second-order valence-corrected chi connectivity index (χ2v) is 6.60. The van der Waals surface area contributed by atoms with E-state index in [9.17, 15) is 18.4 Å². The van der Waals surface area contributed by atoms with Crippen molar-refractivity contribution in [3.05, 3.63) is 65.2 Å². The first kappa shape index (κ1) is 19.8. The Balaban J connectivity index is 1.51. The van der Waals surface area contributed by atoms with Crippen LogP contribution in [0.2, 0.25) is 0 Å². The Morgan fingerprint density at radius 3 is 2.50 bits per heavy atom. The molecular weight excluding hydrogens is 368 g/mol. The van der Waals surface area contributed by atoms with E-state index in [-0.39, 0.29) is 24.1 Å². The number of likely N-dealkylation sites (N-methyl/N-ethyl adjacent to an activating group) is 1. The number of anilines is 1. The highest BCUT2D eigenvalue weighted by Crippen LogP contribution is 2.23. The van der Waals surface area contributed by atoms with Gasteiger partial charge < -0.3 is 10.1 Å². The summed E-state index contributed by atoms with van der Waals surface area (Å²) in [5, 5.41) is 5.46. The number of nitrogens with one attached hydrogen (secondary N) is 2. The van der Waals surface area contributed by atoms with Crippen LogP contribution in [0.5, 0.6) is 0 Å². The fraction of sp³-hybridized carbons (Fsp3) is 0.300. The molecule has 1 heterocycles. The van der Waals surface area contributed by atoms with Gasteiger partial charge in [-0.05, 0) is 30.3 Å². The van der Waals surface area contributed by atoms with Crippen molar-refractivity contribution in [1.82, 2.24) is 10.2 Å². The van der Waals surface area contributed by atoms with E-state index in [2.05, 4.69) is 10.6 Å². The first-order valence-electron chi connectivity index (χ1n) is 8.80. The molecule has 1 saturated heterocycles. The summed E-state index contributed by atoms with van der Waals surface area (Å²) in [6.07, 6.45) is -3.15. The van der Waals surface area contributed by atoms with Crippen molar-refractivity contribution in [3.8, 4) is 0 Å². The van der Waals surface area contributed by atoms with Gasteiger partial charge in [-0.3, -0.25) is 15.0 Å². The van der Waals surface area contributed by atoms with Gasteiger partial charge in [0.05, 0.1) is 12.6 Å². The lowest BCUT2D eigenvalue weighted by molar-refractivity contribution is -0.125. The van der Waals surface area contributed by atoms with Crippen LogP contribution in [-0.4, -0.2) is 37.0 Å². The molecule has 8 heteroatoms. The quantitative estimate of drug-likeness (QED) is 0.822. The Morgan fingerprint density at radius 1 is 1.21 bits per heavy atom. The minimum atomic E-state index is -2.52. The summed E-state index contributed by atoms with van der Waals surface area (Å²) in [6, 6.07) is 13.0. The highest BCUT2D eigenvalue weighted by atomic mass is 19.3. The van der Waals surface area contributed by atoms with Crippen molar-refractivity contribution < 1.29 is 23.1 Å². The third-order valence-corrected chi connectivity index (χ3v) is 4.56. The van der Waals surface area contributed by atoms with E-state index in [1.807, 2.05) is 24.1 Å². The topological polar surface area (TPSA) is 70.7 Å². The predicted octanol–water partition coefficient (Wildman–Crippen LogP) is 3.48. The third kappa shape index (κ3) is 5.04. The SMILES string of the molecule is CN1CC(=O)NCC1c1ccc(NC(=O)OCc2ccc(C(F)F)cc2)cc1. The van der Waals surface area contributed by atoms with Crippen LogP contribution in [0.4, 0.5) is 19.3 Å². The number of hydrogen-bond donors (Lipinski definition) is 2. The van der Waals surface area contributed by atoms with Gasteiger partial charge in [0.2, 0.25) is 5.91 Å². The predicted molar refractivity (Wildman–Crippen MR) is 100 cm³/mol. The Morgan fingerprint density at radius 2 is 1.89 bits per heavy atom. The summed E-state index contributed by atoms with van der Waals surface area (Å²) in [5.41, 5.74) is 2.15. The van der Waals surface area contributed by atoms with Crippen molar-refractivity contribution in [2.24, 2.45) is 0 Å². The number of halogens is 2. The van der Waals surface area contributed by atoms with Crippen LogP contribution < -0.4 is 10.6 Å². The zero-order valence-corrected chi connectivity index (χ0v) is 15.3. The second-order valence-electron chi connectivity index (χ2n) is 6.60. The summed E-state index contributed by atoms with van der Waals surface area (Å²) in [7, 11) is 1.89. The average molecular weight is 389 g/mol. The average Bonchev–Trinajstić information content (AvgIpc) is 2.67. The molecule has 2 aromatic carbocycles. The first-order valence-corrected chi connectivity index (χ1v) is 8.80. The summed E-state index contributed by atoms with van der Waals surface area (Å²) in [6.45, 7) is 0.865. The van der Waals surface area contributed by atoms with Gasteiger partial charge in [-0.15, -0.1) is 0 Å². The van der Waals surface area contributed by atoms with Gasteiger partial charge in [0.1, 0.15) is 6.61 Å². The Kier molecular flexibility index (Phi) is 6.20. The first-order chi connectivity index (χ1) is 13.4. The number of piperazine rings is 1. The van der Waals surface area contributed by atoms with Gasteiger partial charge in [0, 0.05) is 17.8 Å². The molecule has 148 valence electrons. The maximum Gasteiger partial charge on any atom is 0.411 e. The van der Waals surface area contributed by atoms with Crippen LogP contribution >= 0.6 is 0 Å². The van der Waals surface area contributed by atoms with E-state index < -0.39 is 12.5 Å². The van der Waals surface area contributed by atoms with Crippen molar-refractivity contribution in [3.63, 3.8) is 0 Å². The molecular formula is C20H21F2N3O3. The van der Waals surface area contributed by atoms with Crippen LogP contribution in [0.15, 0.2) is 48.5 Å². The molecule has 0 spiro atoms. The van der Waals surface area contributed by atoms with E-state index in [1.165, 1.54) is 24.3 Å². The molecule has 1 fully saturated rings. The number of carbonyl (C=O) groups is 2. The molecule has 0 bridgehead atoms. The third-order valence-electron chi connectivity index (χ3n) is 4.56. The molecule has 0 aromatic heterocycles. The van der Waals surface area contributed by atoms with Gasteiger partial charge in [0.15, 0.2) is 0 Å². The second kappa shape index (κ2) is 8.79. The maximum atomic E-state index is 12.5. The Bertz CT molecular complexity index is 826. The maximum absolute atomic E-state index is 12.5. The summed E-state index contributed by atoms with van der Waals surface area (Å²) < 4.78 is 30.2. The van der Waals surface area contributed by atoms with Crippen molar-refractivity contribution in [2.45, 2.75) is 19.1 Å². The highest BCUT2D eigenvalue weighted by molar-refractivity contribution is 5.84. The van der Waals surface area contributed by atoms with E-state index in [0.29, 0.717) is 24.3 Å². The summed E-state index contributed by atoms with van der Waals surface area (Å²) >= 11 is 0. The molecule has 3 rings (SSSR count). The Labute approximate surface area is 161 Å². The monoisotopic (exact) mass is 389 g/mol. The summed E-state index contributed by atoms with van der Waals surface area (Å²) in [4.78, 5) is 25.3. The van der Waals surface area contributed by atoms with Crippen LogP contribution in [0.1, 0.15) is 29.2 Å². The smallest absolute Gasteiger partial charge is 0.411 e. The number of amides is 2. The minimum Gasteiger partial charge on any atom is -0.444 e. The molecule has 1 atom stereocenters. The normalized spacial score (nSPS) is 17.3. The van der Waals surface area contributed by atoms with E-state index in [0.717, 1.165) is 5.56 Å². The summed E-state index contributed by atoms with van der Waals surface area (Å²) in [5.74, 6) is 0.00336. The molecule has 1 aliphatic heterocycles. The zero-order chi connectivity index (χ0) is 20.1. The lowest BCUT2D eigenvalue weighted by atomic mass is 10.0. The molecule has 2 N–H and O–H groups in total. The molecule has 2 amide bonds. The number of hydrogen-bond acceptors (Lipinski definition) is 4. The van der Waals surface area contributed by atoms with Gasteiger partial charge in [0.25, 0.3) is 6.43 Å². The molecule has 1 unspecified atom stereocenters. The fourth-order valence-corrected chi connectivity index (χ4v) is 2.98. The molecule has 0 aliphatic carbocycles. The zero-order valence-electron chi connectivity index (χ0n) is 15.3. The van der Waals surface area contributed by atoms with Gasteiger partial charge >= 0.3 is 6.09 Å². The van der Waals surface area contributed by atoms with E-state index in [1.54, 1.807) is 12.1 Å². The number of nitrogens with zero attached hydrogens (tertiary/aromatic N) is 1. The highest BCUT2D eigenvalue weighted by Gasteiger charge is 2.24. The number of rotatable bonds is 5. The lowest BCUT2D eigenvalue weighted by Gasteiger charge is -2.32. The van der Waals surface area contributed by atoms with Crippen molar-refractivity contribution >= 4 is 17.7 Å². The van der Waals surface area contributed by atoms with Gasteiger partial charge in [-0.1, -0.05) is 36.4 Å². The van der Waals surface area contributed by atoms with Crippen LogP contribution in [-0.2, 0) is 16.1 Å². The fourth-order valence-electron chi connectivity index (χ4n) is 2.98. The number of alkyl halides is 2. The van der Waals surface area contributed by atoms with Crippen LogP contribution in [0.3, 0.4) is 0 Å². The molecule has 0 radical (unpaired) electrons. The molecule has 0 saturated carbocycles. The minimum absolute atomic E-state index is 0.00336. The molecule has 1 aliphatic rings. The Hall–Kier alpha value is -3.00. The number of ether oxygens (including phenoxy) is 1. The van der Waals surface area contributed by atoms with Crippen molar-refractivity contribution in [1.29, 1.82) is 0 Å². The largest absolute Gasteiger partial charge is 0.444 e. The lowest BCUT2D eigenvalue weighted by Crippen LogP contribution is -2.47. The van der Waals surface area contributed by atoms with E-state index >= 15 is 0 Å². The molecule has 2 aromatic rings. The van der Waals surface area contributed by atoms with Crippen LogP contribution in [0, 0.1) is 0 Å². The standard InChI is InChI=1S/C20H21F2N3O3/c1-25-11-18(26)23-10-17(25)14-6-8-16(9-7-14)24-20(27)28-12-13-2-4-15(5-3-13)19(21)22/h2-9,17,19H,10-12H2,1H3,(H,23,26)(H,24,27). The number of benzene rings is 2.